The van der Waals surface area contributed by atoms with Crippen LogP contribution in [0.15, 0.2) is 0 Å². The molecular formula is C15H30N2O. The normalized spacial score (nSPS) is 24.9. The van der Waals surface area contributed by atoms with Crippen molar-refractivity contribution in [3.63, 3.8) is 0 Å². The maximum Gasteiger partial charge on any atom is 0.220 e. The number of amides is 1. The molecule has 0 saturated heterocycles. The summed E-state index contributed by atoms with van der Waals surface area (Å²) in [7, 11) is 0. The molecule has 106 valence electrons. The van der Waals surface area contributed by atoms with Gasteiger partial charge >= 0.3 is 0 Å². The number of hydrogen-bond acceptors (Lipinski definition) is 2. The summed E-state index contributed by atoms with van der Waals surface area (Å²) >= 11 is 0. The van der Waals surface area contributed by atoms with Gasteiger partial charge in [-0.1, -0.05) is 20.8 Å². The molecule has 0 unspecified atom stereocenters. The van der Waals surface area contributed by atoms with Crippen molar-refractivity contribution in [1.82, 2.24) is 5.32 Å². The molecule has 3 N–H and O–H groups in total. The summed E-state index contributed by atoms with van der Waals surface area (Å²) in [6.45, 7) is 8.48. The van der Waals surface area contributed by atoms with Crippen LogP contribution in [0.2, 0.25) is 0 Å². The maximum atomic E-state index is 11.5. The van der Waals surface area contributed by atoms with E-state index in [0.29, 0.717) is 24.3 Å². The minimum Gasteiger partial charge on any atom is -0.356 e. The number of nitrogens with two attached hydrogens (primary N) is 1. The first-order valence-electron chi connectivity index (χ1n) is 7.40. The van der Waals surface area contributed by atoms with Crippen LogP contribution in [0, 0.1) is 17.3 Å². The molecule has 18 heavy (non-hydrogen) atoms. The molecule has 0 bridgehead atoms. The van der Waals surface area contributed by atoms with Crippen LogP contribution in [-0.4, -0.2) is 19.0 Å². The fraction of sp³-hybridized carbons (Fsp3) is 0.933. The van der Waals surface area contributed by atoms with E-state index in [4.69, 9.17) is 5.73 Å². The van der Waals surface area contributed by atoms with Crippen molar-refractivity contribution >= 4 is 5.91 Å². The molecule has 0 aromatic carbocycles. The topological polar surface area (TPSA) is 55.1 Å². The van der Waals surface area contributed by atoms with Crippen molar-refractivity contribution in [3.05, 3.63) is 0 Å². The molecule has 1 fully saturated rings. The minimum atomic E-state index is 0.165. The average molecular weight is 254 g/mol. The molecule has 1 amide bonds. The summed E-state index contributed by atoms with van der Waals surface area (Å²) in [4.78, 5) is 11.5. The van der Waals surface area contributed by atoms with Gasteiger partial charge in [0.15, 0.2) is 0 Å². The van der Waals surface area contributed by atoms with E-state index in [1.54, 1.807) is 0 Å². The van der Waals surface area contributed by atoms with Gasteiger partial charge in [0.1, 0.15) is 0 Å². The third kappa shape index (κ3) is 5.38. The summed E-state index contributed by atoms with van der Waals surface area (Å²) in [5.41, 5.74) is 5.83. The number of hydrogen-bond donors (Lipinski definition) is 2. The van der Waals surface area contributed by atoms with Crippen LogP contribution < -0.4 is 11.1 Å². The van der Waals surface area contributed by atoms with Gasteiger partial charge in [-0.05, 0) is 55.9 Å². The third-order valence-corrected chi connectivity index (χ3v) is 4.27. The molecule has 0 heterocycles. The third-order valence-electron chi connectivity index (χ3n) is 4.27. The monoisotopic (exact) mass is 254 g/mol. The summed E-state index contributed by atoms with van der Waals surface area (Å²) < 4.78 is 0. The van der Waals surface area contributed by atoms with Crippen molar-refractivity contribution in [2.24, 2.45) is 23.0 Å². The van der Waals surface area contributed by atoms with Crippen LogP contribution in [0.5, 0.6) is 0 Å². The van der Waals surface area contributed by atoms with Gasteiger partial charge < -0.3 is 11.1 Å². The molecule has 1 aliphatic carbocycles. The fourth-order valence-electron chi connectivity index (χ4n) is 2.84. The molecule has 1 rings (SSSR count). The Morgan fingerprint density at radius 1 is 1.22 bits per heavy atom. The SMILES string of the molecule is CC(C)(C)C1CCC(CNC(=O)CCCN)CC1. The first-order valence-corrected chi connectivity index (χ1v) is 7.40. The summed E-state index contributed by atoms with van der Waals surface area (Å²) in [6, 6.07) is 0. The van der Waals surface area contributed by atoms with Crippen molar-refractivity contribution in [3.8, 4) is 0 Å². The van der Waals surface area contributed by atoms with E-state index < -0.39 is 0 Å². The lowest BCUT2D eigenvalue weighted by molar-refractivity contribution is -0.121. The first-order chi connectivity index (χ1) is 8.43. The zero-order valence-electron chi connectivity index (χ0n) is 12.3. The van der Waals surface area contributed by atoms with Crippen LogP contribution in [0.1, 0.15) is 59.3 Å². The van der Waals surface area contributed by atoms with Gasteiger partial charge in [-0.25, -0.2) is 0 Å². The fourth-order valence-corrected chi connectivity index (χ4v) is 2.84. The Morgan fingerprint density at radius 3 is 2.33 bits per heavy atom. The Kier molecular flexibility index (Phi) is 6.13. The molecule has 1 aliphatic rings. The molecule has 0 atom stereocenters. The molecule has 3 nitrogen and oxygen atoms in total. The van der Waals surface area contributed by atoms with Gasteiger partial charge in [-0.3, -0.25) is 4.79 Å². The highest BCUT2D eigenvalue weighted by Gasteiger charge is 2.29. The maximum absolute atomic E-state index is 11.5. The van der Waals surface area contributed by atoms with Crippen LogP contribution in [-0.2, 0) is 4.79 Å². The van der Waals surface area contributed by atoms with Crippen molar-refractivity contribution in [1.29, 1.82) is 0 Å². The highest BCUT2D eigenvalue weighted by Crippen LogP contribution is 2.39. The summed E-state index contributed by atoms with van der Waals surface area (Å²) in [6.07, 6.45) is 6.52. The molecule has 0 radical (unpaired) electrons. The van der Waals surface area contributed by atoms with E-state index in [2.05, 4.69) is 26.1 Å². The minimum absolute atomic E-state index is 0.165. The van der Waals surface area contributed by atoms with Crippen molar-refractivity contribution < 1.29 is 4.79 Å². The zero-order chi connectivity index (χ0) is 13.6. The van der Waals surface area contributed by atoms with E-state index in [1.807, 2.05) is 0 Å². The predicted molar refractivity (Wildman–Crippen MR) is 76.2 cm³/mol. The zero-order valence-corrected chi connectivity index (χ0v) is 12.3. The Balaban J connectivity index is 2.18. The Labute approximate surface area is 112 Å². The highest BCUT2D eigenvalue weighted by atomic mass is 16.1. The number of carbonyl (C=O) groups is 1. The summed E-state index contributed by atoms with van der Waals surface area (Å²) in [5.74, 6) is 1.70. The highest BCUT2D eigenvalue weighted by molar-refractivity contribution is 5.75. The van der Waals surface area contributed by atoms with Crippen molar-refractivity contribution in [2.45, 2.75) is 59.3 Å². The molecule has 0 spiro atoms. The van der Waals surface area contributed by atoms with Crippen LogP contribution in [0.25, 0.3) is 0 Å². The Morgan fingerprint density at radius 2 is 1.83 bits per heavy atom. The second-order valence-electron chi connectivity index (χ2n) is 6.78. The van der Waals surface area contributed by atoms with Gasteiger partial charge in [-0.2, -0.15) is 0 Å². The van der Waals surface area contributed by atoms with Gasteiger partial charge in [0.2, 0.25) is 5.91 Å². The van der Waals surface area contributed by atoms with Gasteiger partial charge in [0.25, 0.3) is 0 Å². The molecule has 0 aliphatic heterocycles. The van der Waals surface area contributed by atoms with Gasteiger partial charge in [0.05, 0.1) is 0 Å². The molecule has 0 aromatic heterocycles. The molecule has 1 saturated carbocycles. The average Bonchev–Trinajstić information content (AvgIpc) is 2.33. The van der Waals surface area contributed by atoms with Crippen LogP contribution in [0.4, 0.5) is 0 Å². The second-order valence-corrected chi connectivity index (χ2v) is 6.78. The lowest BCUT2D eigenvalue weighted by Gasteiger charge is -2.37. The number of nitrogens with one attached hydrogen (secondary N) is 1. The quantitative estimate of drug-likeness (QED) is 0.792. The second kappa shape index (κ2) is 7.13. The Bertz CT molecular complexity index is 250. The molecule has 0 aromatic rings. The molecule has 3 heteroatoms. The number of rotatable bonds is 5. The Hall–Kier alpha value is -0.570. The lowest BCUT2D eigenvalue weighted by atomic mass is 9.70. The predicted octanol–water partition coefficient (Wildman–Crippen LogP) is 2.69. The first kappa shape index (κ1) is 15.5. The van der Waals surface area contributed by atoms with E-state index in [9.17, 15) is 4.79 Å². The lowest BCUT2D eigenvalue weighted by Crippen LogP contribution is -2.33. The largest absolute Gasteiger partial charge is 0.356 e. The number of carbonyl (C=O) groups excluding carboxylic acids is 1. The van der Waals surface area contributed by atoms with E-state index in [1.165, 1.54) is 25.7 Å². The van der Waals surface area contributed by atoms with Crippen molar-refractivity contribution in [2.75, 3.05) is 13.1 Å². The van der Waals surface area contributed by atoms with Crippen LogP contribution >= 0.6 is 0 Å². The van der Waals surface area contributed by atoms with E-state index >= 15 is 0 Å². The summed E-state index contributed by atoms with van der Waals surface area (Å²) in [5, 5.41) is 3.05. The van der Waals surface area contributed by atoms with E-state index in [0.717, 1.165) is 18.9 Å². The molecular weight excluding hydrogens is 224 g/mol. The van der Waals surface area contributed by atoms with Gasteiger partial charge in [-0.15, -0.1) is 0 Å². The van der Waals surface area contributed by atoms with E-state index in [-0.39, 0.29) is 5.91 Å². The smallest absolute Gasteiger partial charge is 0.220 e. The standard InChI is InChI=1S/C15H30N2O/c1-15(2,3)13-8-6-12(7-9-13)11-17-14(18)5-4-10-16/h12-13H,4-11,16H2,1-3H3,(H,17,18). The van der Waals surface area contributed by atoms with Crippen LogP contribution in [0.3, 0.4) is 0 Å². The van der Waals surface area contributed by atoms with Gasteiger partial charge in [0, 0.05) is 13.0 Å².